The van der Waals surface area contributed by atoms with Gasteiger partial charge in [0, 0.05) is 32.5 Å². The van der Waals surface area contributed by atoms with Gasteiger partial charge in [-0.25, -0.2) is 13.6 Å². The number of amides is 2. The number of halogens is 2. The first-order valence-corrected chi connectivity index (χ1v) is 5.47. The van der Waals surface area contributed by atoms with Gasteiger partial charge in [-0.15, -0.1) is 0 Å². The molecule has 0 atom stereocenters. The molecule has 0 aromatic heterocycles. The molecular weight excluding hydrogens is 202 g/mol. The molecule has 15 heavy (non-hydrogen) atoms. The van der Waals surface area contributed by atoms with Crippen LogP contribution in [0, 0.1) is 5.92 Å². The van der Waals surface area contributed by atoms with Crippen molar-refractivity contribution in [1.82, 2.24) is 10.2 Å². The summed E-state index contributed by atoms with van der Waals surface area (Å²) in [7, 11) is 0. The van der Waals surface area contributed by atoms with E-state index in [1.807, 2.05) is 0 Å². The number of carbonyl (C=O) groups is 1. The highest BCUT2D eigenvalue weighted by molar-refractivity contribution is 5.74. The maximum absolute atomic E-state index is 12.5. The summed E-state index contributed by atoms with van der Waals surface area (Å²) < 4.78 is 25.0. The van der Waals surface area contributed by atoms with Crippen LogP contribution in [0.2, 0.25) is 0 Å². The van der Waals surface area contributed by atoms with Crippen LogP contribution >= 0.6 is 0 Å². The second kappa shape index (κ2) is 3.94. The molecule has 2 aliphatic rings. The van der Waals surface area contributed by atoms with Crippen molar-refractivity contribution < 1.29 is 13.6 Å². The molecule has 2 amide bonds. The van der Waals surface area contributed by atoms with Crippen LogP contribution in [-0.4, -0.2) is 36.5 Å². The minimum Gasteiger partial charge on any atom is -0.338 e. The Morgan fingerprint density at radius 1 is 1.33 bits per heavy atom. The monoisotopic (exact) mass is 218 g/mol. The van der Waals surface area contributed by atoms with Gasteiger partial charge in [0.25, 0.3) is 0 Å². The zero-order valence-electron chi connectivity index (χ0n) is 8.64. The van der Waals surface area contributed by atoms with Crippen molar-refractivity contribution in [3.05, 3.63) is 0 Å². The lowest BCUT2D eigenvalue weighted by atomic mass is 9.81. The highest BCUT2D eigenvalue weighted by atomic mass is 19.3. The molecule has 3 nitrogen and oxygen atoms in total. The van der Waals surface area contributed by atoms with Gasteiger partial charge in [-0.05, 0) is 18.8 Å². The summed E-state index contributed by atoms with van der Waals surface area (Å²) in [5.41, 5.74) is 0. The van der Waals surface area contributed by atoms with Crippen molar-refractivity contribution in [2.45, 2.75) is 31.6 Å². The minimum absolute atomic E-state index is 0.0356. The fourth-order valence-corrected chi connectivity index (χ4v) is 2.19. The molecule has 0 aromatic carbocycles. The number of urea groups is 1. The van der Waals surface area contributed by atoms with E-state index in [9.17, 15) is 13.6 Å². The molecule has 86 valence electrons. The predicted octanol–water partition coefficient (Wildman–Crippen LogP) is 1.84. The van der Waals surface area contributed by atoms with Crippen molar-refractivity contribution in [3.8, 4) is 0 Å². The molecule has 0 unspecified atom stereocenters. The van der Waals surface area contributed by atoms with Gasteiger partial charge in [0.05, 0.1) is 0 Å². The van der Waals surface area contributed by atoms with E-state index in [0.29, 0.717) is 6.54 Å². The third-order valence-corrected chi connectivity index (χ3v) is 3.11. The van der Waals surface area contributed by atoms with Crippen LogP contribution in [0.15, 0.2) is 0 Å². The van der Waals surface area contributed by atoms with Crippen molar-refractivity contribution >= 4 is 6.03 Å². The van der Waals surface area contributed by atoms with Gasteiger partial charge < -0.3 is 10.2 Å². The van der Waals surface area contributed by atoms with E-state index in [2.05, 4.69) is 5.32 Å². The average Bonchev–Trinajstić information content (AvgIpc) is 2.63. The Balaban J connectivity index is 1.64. The summed E-state index contributed by atoms with van der Waals surface area (Å²) in [5, 5.41) is 2.72. The largest absolute Gasteiger partial charge is 0.338 e. The smallest absolute Gasteiger partial charge is 0.317 e. The van der Waals surface area contributed by atoms with E-state index < -0.39 is 5.92 Å². The zero-order chi connectivity index (χ0) is 10.9. The number of hydrogen-bond donors (Lipinski definition) is 1. The Kier molecular flexibility index (Phi) is 2.80. The number of nitrogens with one attached hydrogen (secondary N) is 1. The molecule has 1 N–H and O–H groups in total. The molecule has 1 aliphatic heterocycles. The van der Waals surface area contributed by atoms with Crippen molar-refractivity contribution in [2.75, 3.05) is 19.6 Å². The fraction of sp³-hybridized carbons (Fsp3) is 0.900. The number of likely N-dealkylation sites (tertiary alicyclic amines) is 1. The van der Waals surface area contributed by atoms with Crippen LogP contribution in [0.1, 0.15) is 25.7 Å². The first-order valence-electron chi connectivity index (χ1n) is 5.47. The van der Waals surface area contributed by atoms with E-state index in [4.69, 9.17) is 0 Å². The van der Waals surface area contributed by atoms with Gasteiger partial charge in [0.1, 0.15) is 0 Å². The van der Waals surface area contributed by atoms with Gasteiger partial charge in [-0.3, -0.25) is 0 Å². The third kappa shape index (κ3) is 2.58. The topological polar surface area (TPSA) is 32.3 Å². The zero-order valence-corrected chi connectivity index (χ0v) is 8.64. The van der Waals surface area contributed by atoms with E-state index >= 15 is 0 Å². The van der Waals surface area contributed by atoms with Crippen LogP contribution in [0.5, 0.6) is 0 Å². The second-order valence-electron chi connectivity index (χ2n) is 4.51. The van der Waals surface area contributed by atoms with Gasteiger partial charge in [-0.1, -0.05) is 0 Å². The molecule has 1 saturated carbocycles. The summed E-state index contributed by atoms with van der Waals surface area (Å²) in [4.78, 5) is 13.2. The molecule has 1 saturated heterocycles. The number of nitrogens with zero attached hydrogens (tertiary/aromatic N) is 1. The summed E-state index contributed by atoms with van der Waals surface area (Å²) >= 11 is 0. The van der Waals surface area contributed by atoms with Crippen molar-refractivity contribution in [3.63, 3.8) is 0 Å². The molecule has 2 rings (SSSR count). The lowest BCUT2D eigenvalue weighted by molar-refractivity contribution is -0.108. The highest BCUT2D eigenvalue weighted by Crippen LogP contribution is 2.41. The Bertz CT molecular complexity index is 244. The van der Waals surface area contributed by atoms with Gasteiger partial charge in [-0.2, -0.15) is 0 Å². The van der Waals surface area contributed by atoms with Crippen LogP contribution < -0.4 is 5.32 Å². The van der Waals surface area contributed by atoms with Gasteiger partial charge in [0.2, 0.25) is 5.92 Å². The predicted molar refractivity (Wildman–Crippen MR) is 51.9 cm³/mol. The van der Waals surface area contributed by atoms with Crippen LogP contribution in [-0.2, 0) is 0 Å². The summed E-state index contributed by atoms with van der Waals surface area (Å²) in [6.45, 7) is 1.99. The van der Waals surface area contributed by atoms with Crippen molar-refractivity contribution in [2.24, 2.45) is 5.92 Å². The molecular formula is C10H16F2N2O. The number of carbonyl (C=O) groups excluding carboxylic acids is 1. The number of alkyl halides is 2. The van der Waals surface area contributed by atoms with Crippen LogP contribution in [0.4, 0.5) is 13.6 Å². The van der Waals surface area contributed by atoms with Crippen LogP contribution in [0.3, 0.4) is 0 Å². The molecule has 1 heterocycles. The summed E-state index contributed by atoms with van der Waals surface area (Å²) in [6, 6.07) is -0.0947. The average molecular weight is 218 g/mol. The second-order valence-corrected chi connectivity index (χ2v) is 4.51. The van der Waals surface area contributed by atoms with Gasteiger partial charge >= 0.3 is 6.03 Å². The van der Waals surface area contributed by atoms with Crippen LogP contribution in [0.25, 0.3) is 0 Å². The molecule has 0 spiro atoms. The SMILES string of the molecule is O=C(NCC1CC(F)(F)C1)N1CCCC1. The molecule has 5 heteroatoms. The fourth-order valence-electron chi connectivity index (χ4n) is 2.19. The number of hydrogen-bond acceptors (Lipinski definition) is 1. The van der Waals surface area contributed by atoms with Gasteiger partial charge in [0.15, 0.2) is 0 Å². The summed E-state index contributed by atoms with van der Waals surface area (Å²) in [5.74, 6) is -2.52. The quantitative estimate of drug-likeness (QED) is 0.753. The maximum atomic E-state index is 12.5. The Morgan fingerprint density at radius 2 is 1.93 bits per heavy atom. The molecule has 0 aromatic rings. The lowest BCUT2D eigenvalue weighted by Crippen LogP contribution is -2.45. The standard InChI is InChI=1S/C10H16F2N2O/c11-10(12)5-8(6-10)7-13-9(15)14-3-1-2-4-14/h8H,1-7H2,(H,13,15). The third-order valence-electron chi connectivity index (χ3n) is 3.11. The Hall–Kier alpha value is -0.870. The first-order chi connectivity index (χ1) is 7.07. The lowest BCUT2D eigenvalue weighted by Gasteiger charge is -2.35. The maximum Gasteiger partial charge on any atom is 0.317 e. The molecule has 2 fully saturated rings. The first kappa shape index (κ1) is 10.6. The normalized spacial score (nSPS) is 25.1. The Morgan fingerprint density at radius 3 is 2.47 bits per heavy atom. The van der Waals surface area contributed by atoms with E-state index in [-0.39, 0.29) is 24.8 Å². The molecule has 1 aliphatic carbocycles. The van der Waals surface area contributed by atoms with E-state index in [1.165, 1.54) is 0 Å². The Labute approximate surface area is 87.8 Å². The highest BCUT2D eigenvalue weighted by Gasteiger charge is 2.45. The molecule has 0 radical (unpaired) electrons. The minimum atomic E-state index is -2.48. The summed E-state index contributed by atoms with van der Waals surface area (Å²) in [6.07, 6.45) is 1.95. The van der Waals surface area contributed by atoms with E-state index in [0.717, 1.165) is 25.9 Å². The van der Waals surface area contributed by atoms with E-state index in [1.54, 1.807) is 4.90 Å². The molecule has 0 bridgehead atoms. The van der Waals surface area contributed by atoms with Crippen molar-refractivity contribution in [1.29, 1.82) is 0 Å². The number of rotatable bonds is 2.